The standard InChI is InChI=1S/C9H11BrN4O/c10-6-1-2-8-12-13-9(14(8)5-6)7(11)3-4-15/h1-2,5,7,15H,3-4,11H2. The number of aliphatic hydroxyl groups is 1. The smallest absolute Gasteiger partial charge is 0.160 e. The van der Waals surface area contributed by atoms with Crippen LogP contribution in [-0.4, -0.2) is 26.3 Å². The Morgan fingerprint density at radius 1 is 1.47 bits per heavy atom. The maximum absolute atomic E-state index is 8.82. The van der Waals surface area contributed by atoms with Crippen LogP contribution in [-0.2, 0) is 0 Å². The first-order chi connectivity index (χ1) is 7.22. The van der Waals surface area contributed by atoms with Crippen molar-refractivity contribution in [1.29, 1.82) is 0 Å². The Kier molecular flexibility index (Phi) is 2.99. The molecule has 3 N–H and O–H groups in total. The van der Waals surface area contributed by atoms with Gasteiger partial charge in [-0.15, -0.1) is 10.2 Å². The van der Waals surface area contributed by atoms with Crippen LogP contribution in [0.25, 0.3) is 5.65 Å². The third kappa shape index (κ3) is 2.01. The van der Waals surface area contributed by atoms with Gasteiger partial charge in [0.15, 0.2) is 11.5 Å². The van der Waals surface area contributed by atoms with E-state index in [1.807, 2.05) is 22.7 Å². The minimum absolute atomic E-state index is 0.0457. The zero-order chi connectivity index (χ0) is 10.8. The van der Waals surface area contributed by atoms with Crippen LogP contribution >= 0.6 is 15.9 Å². The molecule has 0 aliphatic rings. The second-order valence-electron chi connectivity index (χ2n) is 3.25. The molecule has 1 atom stereocenters. The van der Waals surface area contributed by atoms with E-state index in [2.05, 4.69) is 26.1 Å². The number of hydrogen-bond donors (Lipinski definition) is 2. The Balaban J connectivity index is 2.47. The summed E-state index contributed by atoms with van der Waals surface area (Å²) in [5.74, 6) is 0.667. The topological polar surface area (TPSA) is 76.4 Å². The van der Waals surface area contributed by atoms with Gasteiger partial charge < -0.3 is 10.8 Å². The Hall–Kier alpha value is -0.980. The maximum atomic E-state index is 8.82. The fraction of sp³-hybridized carbons (Fsp3) is 0.333. The van der Waals surface area contributed by atoms with E-state index in [1.54, 1.807) is 0 Å². The number of rotatable bonds is 3. The summed E-state index contributed by atoms with van der Waals surface area (Å²) < 4.78 is 2.76. The molecule has 5 nitrogen and oxygen atoms in total. The molecule has 2 heterocycles. The average Bonchev–Trinajstić information content (AvgIpc) is 2.60. The highest BCUT2D eigenvalue weighted by Gasteiger charge is 2.13. The van der Waals surface area contributed by atoms with E-state index in [0.29, 0.717) is 12.2 Å². The zero-order valence-corrected chi connectivity index (χ0v) is 9.55. The summed E-state index contributed by atoms with van der Waals surface area (Å²) in [6, 6.07) is 3.46. The third-order valence-electron chi connectivity index (χ3n) is 2.16. The van der Waals surface area contributed by atoms with Gasteiger partial charge in [0.25, 0.3) is 0 Å². The summed E-state index contributed by atoms with van der Waals surface area (Å²) in [5.41, 5.74) is 6.62. The molecule has 0 saturated heterocycles. The molecule has 2 rings (SSSR count). The number of aromatic nitrogens is 3. The van der Waals surface area contributed by atoms with Crippen LogP contribution in [0.5, 0.6) is 0 Å². The first-order valence-electron chi connectivity index (χ1n) is 4.59. The van der Waals surface area contributed by atoms with Gasteiger partial charge in [-0.2, -0.15) is 0 Å². The molecule has 0 amide bonds. The Labute approximate surface area is 95.1 Å². The van der Waals surface area contributed by atoms with Gasteiger partial charge in [-0.25, -0.2) is 0 Å². The lowest BCUT2D eigenvalue weighted by Gasteiger charge is -2.07. The van der Waals surface area contributed by atoms with E-state index in [-0.39, 0.29) is 12.6 Å². The highest BCUT2D eigenvalue weighted by Crippen LogP contribution is 2.16. The van der Waals surface area contributed by atoms with E-state index in [1.165, 1.54) is 0 Å². The zero-order valence-electron chi connectivity index (χ0n) is 7.97. The Bertz CT molecular complexity index is 470. The van der Waals surface area contributed by atoms with Crippen molar-refractivity contribution in [3.63, 3.8) is 0 Å². The van der Waals surface area contributed by atoms with Crippen LogP contribution < -0.4 is 5.73 Å². The predicted molar refractivity (Wildman–Crippen MR) is 59.3 cm³/mol. The van der Waals surface area contributed by atoms with Crippen molar-refractivity contribution in [3.05, 3.63) is 28.6 Å². The predicted octanol–water partition coefficient (Wildman–Crippen LogP) is 0.874. The van der Waals surface area contributed by atoms with Gasteiger partial charge in [-0.05, 0) is 34.5 Å². The third-order valence-corrected chi connectivity index (χ3v) is 2.63. The minimum atomic E-state index is -0.292. The molecule has 15 heavy (non-hydrogen) atoms. The van der Waals surface area contributed by atoms with Crippen molar-refractivity contribution < 1.29 is 5.11 Å². The van der Waals surface area contributed by atoms with Crippen LogP contribution in [0.4, 0.5) is 0 Å². The summed E-state index contributed by atoms with van der Waals surface area (Å²) in [5, 5.41) is 16.8. The summed E-state index contributed by atoms with van der Waals surface area (Å²) in [4.78, 5) is 0. The normalized spacial score (nSPS) is 13.3. The van der Waals surface area contributed by atoms with E-state index in [0.717, 1.165) is 10.1 Å². The molecule has 0 aliphatic heterocycles. The SMILES string of the molecule is NC(CCO)c1nnc2ccc(Br)cn12. The van der Waals surface area contributed by atoms with Crippen LogP contribution in [0.15, 0.2) is 22.8 Å². The molecule has 0 saturated carbocycles. The number of hydrogen-bond acceptors (Lipinski definition) is 4. The number of aliphatic hydroxyl groups excluding tert-OH is 1. The van der Waals surface area contributed by atoms with Gasteiger partial charge in [0.1, 0.15) is 0 Å². The van der Waals surface area contributed by atoms with Gasteiger partial charge in [0, 0.05) is 17.3 Å². The fourth-order valence-corrected chi connectivity index (χ4v) is 1.74. The lowest BCUT2D eigenvalue weighted by atomic mass is 10.2. The van der Waals surface area contributed by atoms with Gasteiger partial charge in [-0.3, -0.25) is 4.40 Å². The first-order valence-corrected chi connectivity index (χ1v) is 5.38. The second kappa shape index (κ2) is 4.26. The Morgan fingerprint density at radius 2 is 2.27 bits per heavy atom. The molecule has 0 aromatic carbocycles. The van der Waals surface area contributed by atoms with Crippen molar-refractivity contribution in [1.82, 2.24) is 14.6 Å². The molecule has 0 spiro atoms. The highest BCUT2D eigenvalue weighted by atomic mass is 79.9. The molecule has 0 bridgehead atoms. The van der Waals surface area contributed by atoms with Crippen LogP contribution in [0.1, 0.15) is 18.3 Å². The second-order valence-corrected chi connectivity index (χ2v) is 4.17. The van der Waals surface area contributed by atoms with Crippen LogP contribution in [0, 0.1) is 0 Å². The van der Waals surface area contributed by atoms with Crippen molar-refractivity contribution in [2.24, 2.45) is 5.73 Å². The van der Waals surface area contributed by atoms with Gasteiger partial charge in [-0.1, -0.05) is 0 Å². The largest absolute Gasteiger partial charge is 0.396 e. The van der Waals surface area contributed by atoms with E-state index in [9.17, 15) is 0 Å². The van der Waals surface area contributed by atoms with E-state index in [4.69, 9.17) is 10.8 Å². The van der Waals surface area contributed by atoms with Crippen molar-refractivity contribution in [3.8, 4) is 0 Å². The number of halogens is 1. The molecule has 80 valence electrons. The molecule has 6 heteroatoms. The molecule has 0 aliphatic carbocycles. The summed E-state index contributed by atoms with van der Waals surface area (Å²) in [6.45, 7) is 0.0457. The molecule has 2 aromatic heterocycles. The number of nitrogens with zero attached hydrogens (tertiary/aromatic N) is 3. The number of fused-ring (bicyclic) bond motifs is 1. The number of pyridine rings is 1. The number of nitrogens with two attached hydrogens (primary N) is 1. The minimum Gasteiger partial charge on any atom is -0.396 e. The lowest BCUT2D eigenvalue weighted by Crippen LogP contribution is -2.15. The van der Waals surface area contributed by atoms with E-state index >= 15 is 0 Å². The molecule has 0 fully saturated rings. The average molecular weight is 271 g/mol. The van der Waals surface area contributed by atoms with Gasteiger partial charge >= 0.3 is 0 Å². The van der Waals surface area contributed by atoms with Crippen molar-refractivity contribution in [2.45, 2.75) is 12.5 Å². The van der Waals surface area contributed by atoms with E-state index < -0.39 is 0 Å². The molecular formula is C9H11BrN4O. The van der Waals surface area contributed by atoms with Crippen molar-refractivity contribution >= 4 is 21.6 Å². The van der Waals surface area contributed by atoms with Gasteiger partial charge in [0.2, 0.25) is 0 Å². The van der Waals surface area contributed by atoms with Crippen molar-refractivity contribution in [2.75, 3.05) is 6.61 Å². The maximum Gasteiger partial charge on any atom is 0.160 e. The molecule has 2 aromatic rings. The monoisotopic (exact) mass is 270 g/mol. The molecular weight excluding hydrogens is 260 g/mol. The molecule has 0 radical (unpaired) electrons. The Morgan fingerprint density at radius 3 is 3.00 bits per heavy atom. The quantitative estimate of drug-likeness (QED) is 0.868. The highest BCUT2D eigenvalue weighted by molar-refractivity contribution is 9.10. The summed E-state index contributed by atoms with van der Waals surface area (Å²) >= 11 is 3.37. The lowest BCUT2D eigenvalue weighted by molar-refractivity contribution is 0.274. The summed E-state index contributed by atoms with van der Waals surface area (Å²) in [7, 11) is 0. The van der Waals surface area contributed by atoms with Crippen LogP contribution in [0.3, 0.4) is 0 Å². The fourth-order valence-electron chi connectivity index (χ4n) is 1.40. The van der Waals surface area contributed by atoms with Crippen LogP contribution in [0.2, 0.25) is 0 Å². The van der Waals surface area contributed by atoms with Gasteiger partial charge in [0.05, 0.1) is 6.04 Å². The first kappa shape index (κ1) is 10.5. The molecule has 1 unspecified atom stereocenters. The summed E-state index contributed by atoms with van der Waals surface area (Å²) in [6.07, 6.45) is 2.34.